The molecule has 5 heavy (non-hydrogen) atoms. The molecule has 0 unspecified atom stereocenters. The molecule has 0 spiro atoms. The van der Waals surface area contributed by atoms with Crippen molar-refractivity contribution < 1.29 is 0 Å². The van der Waals surface area contributed by atoms with Gasteiger partial charge in [0.15, 0.2) is 0 Å². The van der Waals surface area contributed by atoms with Gasteiger partial charge in [0.05, 0.1) is 0 Å². The molecule has 0 aliphatic carbocycles. The van der Waals surface area contributed by atoms with Crippen molar-refractivity contribution in [3.8, 4) is 0 Å². The summed E-state index contributed by atoms with van der Waals surface area (Å²) in [6.45, 7) is 2.18. The van der Waals surface area contributed by atoms with Gasteiger partial charge in [0, 0.05) is 11.8 Å². The van der Waals surface area contributed by atoms with Gasteiger partial charge in [-0.3, -0.25) is 4.72 Å². The third-order valence-corrected chi connectivity index (χ3v) is 1.85. The molecule has 1 heterocycles. The lowest BCUT2D eigenvalue weighted by molar-refractivity contribution is 0.732. The molecular formula is C3H7NS. The molecule has 1 aliphatic rings. The second-order valence-electron chi connectivity index (χ2n) is 1.33. The third-order valence-electron chi connectivity index (χ3n) is 0.618. The lowest BCUT2D eigenvalue weighted by Gasteiger charge is -2.20. The largest absolute Gasteiger partial charge is 0.260 e. The molecule has 1 rings (SSSR count). The van der Waals surface area contributed by atoms with Crippen LogP contribution >= 0.6 is 11.9 Å². The van der Waals surface area contributed by atoms with E-state index in [-0.39, 0.29) is 0 Å². The molecular weight excluding hydrogens is 82.1 g/mol. The maximum atomic E-state index is 3.12. The minimum atomic E-state index is 0.778. The van der Waals surface area contributed by atoms with E-state index in [9.17, 15) is 0 Å². The maximum Gasteiger partial charge on any atom is 0.0246 e. The number of hydrogen-bond donors (Lipinski definition) is 1. The van der Waals surface area contributed by atoms with E-state index < -0.39 is 0 Å². The van der Waals surface area contributed by atoms with Crippen LogP contribution in [0, 0.1) is 0 Å². The summed E-state index contributed by atoms with van der Waals surface area (Å²) in [6, 6.07) is 0.778. The highest BCUT2D eigenvalue weighted by Crippen LogP contribution is 2.09. The van der Waals surface area contributed by atoms with Crippen LogP contribution in [0.3, 0.4) is 0 Å². The highest BCUT2D eigenvalue weighted by atomic mass is 32.2. The summed E-state index contributed by atoms with van der Waals surface area (Å²) in [5.41, 5.74) is 0. The van der Waals surface area contributed by atoms with Gasteiger partial charge in [-0.05, 0) is 6.92 Å². The van der Waals surface area contributed by atoms with E-state index in [4.69, 9.17) is 0 Å². The van der Waals surface area contributed by atoms with Crippen molar-refractivity contribution in [3.63, 3.8) is 0 Å². The van der Waals surface area contributed by atoms with Gasteiger partial charge < -0.3 is 0 Å². The van der Waals surface area contributed by atoms with Crippen LogP contribution in [0.4, 0.5) is 0 Å². The Morgan fingerprint density at radius 3 is 2.40 bits per heavy atom. The van der Waals surface area contributed by atoms with Gasteiger partial charge in [-0.2, -0.15) is 0 Å². The van der Waals surface area contributed by atoms with Crippen molar-refractivity contribution in [2.45, 2.75) is 13.0 Å². The Kier molecular flexibility index (Phi) is 0.830. The van der Waals surface area contributed by atoms with Crippen LogP contribution in [0.5, 0.6) is 0 Å². The van der Waals surface area contributed by atoms with Crippen LogP contribution in [0.15, 0.2) is 0 Å². The quantitative estimate of drug-likeness (QED) is 0.437. The Labute approximate surface area is 36.3 Å². The van der Waals surface area contributed by atoms with Crippen molar-refractivity contribution in [1.29, 1.82) is 0 Å². The van der Waals surface area contributed by atoms with Crippen molar-refractivity contribution in [3.05, 3.63) is 0 Å². The Bertz CT molecular complexity index is 33.9. The molecule has 1 aliphatic heterocycles. The number of rotatable bonds is 0. The maximum absolute atomic E-state index is 3.12. The first-order chi connectivity index (χ1) is 2.39. The Morgan fingerprint density at radius 2 is 2.40 bits per heavy atom. The van der Waals surface area contributed by atoms with Crippen molar-refractivity contribution in [1.82, 2.24) is 4.72 Å². The summed E-state index contributed by atoms with van der Waals surface area (Å²) < 4.78 is 3.12. The Morgan fingerprint density at radius 1 is 2.00 bits per heavy atom. The van der Waals surface area contributed by atoms with Crippen LogP contribution in [0.2, 0.25) is 0 Å². The highest BCUT2D eigenvalue weighted by molar-refractivity contribution is 7.98. The molecule has 1 atom stereocenters. The molecule has 30 valence electrons. The first kappa shape index (κ1) is 3.50. The number of hydrogen-bond acceptors (Lipinski definition) is 2. The first-order valence-corrected chi connectivity index (χ1v) is 2.75. The van der Waals surface area contributed by atoms with Gasteiger partial charge in [-0.25, -0.2) is 0 Å². The molecule has 1 nitrogen and oxygen atoms in total. The molecule has 0 amide bonds. The van der Waals surface area contributed by atoms with Gasteiger partial charge in [0.25, 0.3) is 0 Å². The number of nitrogens with one attached hydrogen (secondary N) is 1. The summed E-state index contributed by atoms with van der Waals surface area (Å²) in [7, 11) is 0. The zero-order valence-electron chi connectivity index (χ0n) is 3.19. The lowest BCUT2D eigenvalue weighted by atomic mass is 10.4. The third kappa shape index (κ3) is 0.578. The van der Waals surface area contributed by atoms with Crippen molar-refractivity contribution >= 4 is 11.9 Å². The van der Waals surface area contributed by atoms with E-state index in [0.29, 0.717) is 0 Å². The summed E-state index contributed by atoms with van der Waals surface area (Å²) in [5.74, 6) is 1.29. The SMILES string of the molecule is C[C@H]1CSN1. The molecule has 0 radical (unpaired) electrons. The minimum absolute atomic E-state index is 0.778. The van der Waals surface area contributed by atoms with E-state index in [2.05, 4.69) is 11.6 Å². The Hall–Kier alpha value is 0.310. The van der Waals surface area contributed by atoms with Crippen LogP contribution in [0.1, 0.15) is 6.92 Å². The van der Waals surface area contributed by atoms with Crippen molar-refractivity contribution in [2.24, 2.45) is 0 Å². The first-order valence-electron chi connectivity index (χ1n) is 1.77. The van der Waals surface area contributed by atoms with Crippen LogP contribution in [0.25, 0.3) is 0 Å². The van der Waals surface area contributed by atoms with Crippen LogP contribution in [-0.4, -0.2) is 11.8 Å². The summed E-state index contributed by atoms with van der Waals surface area (Å²) in [5, 5.41) is 0. The van der Waals surface area contributed by atoms with Crippen molar-refractivity contribution in [2.75, 3.05) is 5.75 Å². The van der Waals surface area contributed by atoms with Gasteiger partial charge >= 0.3 is 0 Å². The predicted molar refractivity (Wildman–Crippen MR) is 25.1 cm³/mol. The van der Waals surface area contributed by atoms with Gasteiger partial charge in [-0.15, -0.1) is 0 Å². The fourth-order valence-corrected chi connectivity index (χ4v) is 0.750. The van der Waals surface area contributed by atoms with Gasteiger partial charge in [-0.1, -0.05) is 11.9 Å². The summed E-state index contributed by atoms with van der Waals surface area (Å²) in [4.78, 5) is 0. The van der Waals surface area contributed by atoms with Crippen LogP contribution in [-0.2, 0) is 0 Å². The normalized spacial score (nSPS) is 36.6. The van der Waals surface area contributed by atoms with Crippen LogP contribution < -0.4 is 4.72 Å². The average molecular weight is 89.2 g/mol. The molecule has 1 fully saturated rings. The van der Waals surface area contributed by atoms with E-state index in [0.717, 1.165) is 6.04 Å². The zero-order valence-corrected chi connectivity index (χ0v) is 4.01. The highest BCUT2D eigenvalue weighted by Gasteiger charge is 2.08. The fraction of sp³-hybridized carbons (Fsp3) is 1.00. The topological polar surface area (TPSA) is 12.0 Å². The predicted octanol–water partition coefficient (Wildman–Crippen LogP) is 0.626. The molecule has 0 aromatic rings. The van der Waals surface area contributed by atoms with Gasteiger partial charge in [0.2, 0.25) is 0 Å². The smallest absolute Gasteiger partial charge is 0.0246 e. The lowest BCUT2D eigenvalue weighted by Crippen LogP contribution is -2.33. The molecule has 0 bridgehead atoms. The minimum Gasteiger partial charge on any atom is -0.260 e. The van der Waals surface area contributed by atoms with Gasteiger partial charge in [0.1, 0.15) is 0 Å². The zero-order chi connectivity index (χ0) is 3.70. The summed E-state index contributed by atoms with van der Waals surface area (Å²) in [6.07, 6.45) is 0. The molecule has 1 N–H and O–H groups in total. The molecule has 0 aromatic carbocycles. The molecule has 1 saturated heterocycles. The van der Waals surface area contributed by atoms with E-state index >= 15 is 0 Å². The summed E-state index contributed by atoms with van der Waals surface area (Å²) >= 11 is 1.80. The average Bonchev–Trinajstić information content (AvgIpc) is 1.30. The second kappa shape index (κ2) is 1.19. The fourth-order valence-electron chi connectivity index (χ4n) is 0.250. The van der Waals surface area contributed by atoms with E-state index in [1.807, 2.05) is 0 Å². The standard InChI is InChI=1S/C3H7NS/c1-3-2-5-4-3/h3-4H,2H2,1H3/t3-/m0/s1. The molecule has 0 aromatic heterocycles. The van der Waals surface area contributed by atoms with E-state index in [1.54, 1.807) is 11.9 Å². The monoisotopic (exact) mass is 89.0 g/mol. The Balaban J connectivity index is 2.08. The molecule has 0 saturated carbocycles. The second-order valence-corrected chi connectivity index (χ2v) is 2.19. The molecule has 2 heteroatoms. The van der Waals surface area contributed by atoms with E-state index in [1.165, 1.54) is 5.75 Å².